The van der Waals surface area contributed by atoms with E-state index >= 15 is 0 Å². The van der Waals surface area contributed by atoms with Crippen molar-refractivity contribution in [3.8, 4) is 0 Å². The van der Waals surface area contributed by atoms with Gasteiger partial charge < -0.3 is 5.11 Å². The average molecular weight is 233 g/mol. The Balaban J connectivity index is 2.47. The van der Waals surface area contributed by atoms with Gasteiger partial charge in [-0.25, -0.2) is 4.79 Å². The van der Waals surface area contributed by atoms with Crippen molar-refractivity contribution in [3.63, 3.8) is 0 Å². The molecule has 0 aliphatic carbocycles. The van der Waals surface area contributed by atoms with Crippen LogP contribution in [-0.2, 0) is 9.59 Å². The standard InChI is InChI=1S/C11H7NO3S/c13-10(11(14)15)9-5-12-8-4-2-1-3-7(8)6-16-9/h1-6H,(H,14,15). The minimum atomic E-state index is -1.46. The molecule has 0 saturated carbocycles. The molecule has 0 aromatic heterocycles. The Labute approximate surface area is 95.0 Å². The van der Waals surface area contributed by atoms with E-state index < -0.39 is 11.8 Å². The highest BCUT2D eigenvalue weighted by Crippen LogP contribution is 2.18. The molecule has 80 valence electrons. The van der Waals surface area contributed by atoms with Crippen molar-refractivity contribution in [2.24, 2.45) is 4.99 Å². The van der Waals surface area contributed by atoms with Gasteiger partial charge >= 0.3 is 5.97 Å². The number of carbonyl (C=O) groups is 2. The zero-order valence-electron chi connectivity index (χ0n) is 8.08. The molecule has 4 nitrogen and oxygen atoms in total. The van der Waals surface area contributed by atoms with Crippen LogP contribution in [0, 0.1) is 0 Å². The van der Waals surface area contributed by atoms with Crippen LogP contribution in [0.4, 0.5) is 0 Å². The second-order valence-electron chi connectivity index (χ2n) is 3.05. The fourth-order valence-corrected chi connectivity index (χ4v) is 1.97. The van der Waals surface area contributed by atoms with Gasteiger partial charge in [0.2, 0.25) is 0 Å². The lowest BCUT2D eigenvalue weighted by atomic mass is 10.3. The van der Waals surface area contributed by atoms with Gasteiger partial charge in [0.05, 0.1) is 10.3 Å². The molecule has 1 aliphatic heterocycles. The summed E-state index contributed by atoms with van der Waals surface area (Å²) in [4.78, 5) is 25.9. The Kier molecular flexibility index (Phi) is 2.87. The molecule has 1 N–H and O–H groups in total. The van der Waals surface area contributed by atoms with Crippen LogP contribution in [0.5, 0.6) is 0 Å². The van der Waals surface area contributed by atoms with Crippen LogP contribution < -0.4 is 10.6 Å². The smallest absolute Gasteiger partial charge is 0.377 e. The first-order valence-electron chi connectivity index (χ1n) is 4.46. The number of aliphatic carboxylic acids is 1. The average Bonchev–Trinajstić information content (AvgIpc) is 2.50. The topological polar surface area (TPSA) is 66.7 Å². The van der Waals surface area contributed by atoms with Crippen molar-refractivity contribution in [2.75, 3.05) is 0 Å². The Morgan fingerprint density at radius 2 is 2.00 bits per heavy atom. The molecule has 0 amide bonds. The summed E-state index contributed by atoms with van der Waals surface area (Å²) in [7, 11) is 0. The number of benzene rings is 1. The van der Waals surface area contributed by atoms with Crippen molar-refractivity contribution in [3.05, 3.63) is 45.9 Å². The second-order valence-corrected chi connectivity index (χ2v) is 3.96. The number of para-hydroxylation sites is 1. The lowest BCUT2D eigenvalue weighted by molar-refractivity contribution is -0.146. The van der Waals surface area contributed by atoms with Gasteiger partial charge in [0.1, 0.15) is 0 Å². The highest BCUT2D eigenvalue weighted by Gasteiger charge is 2.17. The fourth-order valence-electron chi connectivity index (χ4n) is 1.21. The fraction of sp³-hybridized carbons (Fsp3) is 0. The molecule has 0 atom stereocenters. The normalized spacial score (nSPS) is 13.6. The highest BCUT2D eigenvalue weighted by molar-refractivity contribution is 8.11. The van der Waals surface area contributed by atoms with Gasteiger partial charge in [-0.05, 0) is 11.5 Å². The molecule has 1 aromatic carbocycles. The number of hydrogen-bond donors (Lipinski definition) is 1. The quantitative estimate of drug-likeness (QED) is 0.745. The molecule has 0 spiro atoms. The van der Waals surface area contributed by atoms with E-state index in [1.165, 1.54) is 6.20 Å². The van der Waals surface area contributed by atoms with Crippen molar-refractivity contribution in [1.82, 2.24) is 0 Å². The summed E-state index contributed by atoms with van der Waals surface area (Å²) in [6, 6.07) is 7.35. The molecular weight excluding hydrogens is 226 g/mol. The number of fused-ring (bicyclic) bond motifs is 1. The van der Waals surface area contributed by atoms with Crippen LogP contribution in [0.2, 0.25) is 0 Å². The minimum Gasteiger partial charge on any atom is -0.475 e. The van der Waals surface area contributed by atoms with Gasteiger partial charge in [0, 0.05) is 11.4 Å². The summed E-state index contributed by atoms with van der Waals surface area (Å²) in [6.07, 6.45) is 1.30. The van der Waals surface area contributed by atoms with E-state index in [-0.39, 0.29) is 4.91 Å². The SMILES string of the molecule is O=C(O)C(=O)C1=CN=c2ccccc2=CS1. The molecule has 1 aromatic rings. The molecule has 0 saturated heterocycles. The van der Waals surface area contributed by atoms with Gasteiger partial charge in [-0.15, -0.1) is 0 Å². The van der Waals surface area contributed by atoms with Gasteiger partial charge in [0.25, 0.3) is 5.78 Å². The molecule has 0 bridgehead atoms. The molecule has 1 heterocycles. The van der Waals surface area contributed by atoms with Crippen molar-refractivity contribution in [2.45, 2.75) is 0 Å². The summed E-state index contributed by atoms with van der Waals surface area (Å²) in [5, 5.41) is 11.9. The number of hydrogen-bond acceptors (Lipinski definition) is 4. The van der Waals surface area contributed by atoms with E-state index in [4.69, 9.17) is 5.11 Å². The number of Topliss-reactive ketones (excluding diaryl/α,β-unsaturated/α-hetero) is 1. The van der Waals surface area contributed by atoms with Gasteiger partial charge in [-0.2, -0.15) is 0 Å². The summed E-state index contributed by atoms with van der Waals surface area (Å²) in [6.45, 7) is 0. The number of ketones is 1. The third kappa shape index (κ3) is 2.04. The number of thioether (sulfide) groups is 1. The first kappa shape index (κ1) is 10.6. The Morgan fingerprint density at radius 3 is 2.75 bits per heavy atom. The summed E-state index contributed by atoms with van der Waals surface area (Å²) >= 11 is 1.08. The van der Waals surface area contributed by atoms with E-state index in [2.05, 4.69) is 4.99 Å². The predicted molar refractivity (Wildman–Crippen MR) is 60.0 cm³/mol. The number of rotatable bonds is 2. The van der Waals surface area contributed by atoms with Gasteiger partial charge in [-0.1, -0.05) is 30.0 Å². The maximum absolute atomic E-state index is 11.2. The Bertz CT molecular complexity index is 604. The lowest BCUT2D eigenvalue weighted by Gasteiger charge is -1.94. The van der Waals surface area contributed by atoms with Gasteiger partial charge in [-0.3, -0.25) is 9.79 Å². The van der Waals surface area contributed by atoms with Crippen LogP contribution in [0.15, 0.2) is 40.4 Å². The van der Waals surface area contributed by atoms with E-state index in [1.807, 2.05) is 18.2 Å². The van der Waals surface area contributed by atoms with Crippen LogP contribution in [0.25, 0.3) is 5.41 Å². The molecule has 5 heteroatoms. The van der Waals surface area contributed by atoms with Gasteiger partial charge in [0.15, 0.2) is 0 Å². The summed E-state index contributed by atoms with van der Waals surface area (Å²) in [5.41, 5.74) is 0. The number of carboxylic acid groups (broad SMARTS) is 1. The highest BCUT2D eigenvalue weighted by atomic mass is 32.2. The molecule has 0 fully saturated rings. The van der Waals surface area contributed by atoms with E-state index in [1.54, 1.807) is 11.5 Å². The summed E-state index contributed by atoms with van der Waals surface area (Å²) in [5.74, 6) is -2.40. The van der Waals surface area contributed by atoms with Crippen LogP contribution in [0.3, 0.4) is 0 Å². The number of carbonyl (C=O) groups excluding carboxylic acids is 1. The van der Waals surface area contributed by atoms with E-state index in [9.17, 15) is 9.59 Å². The zero-order valence-corrected chi connectivity index (χ0v) is 8.90. The van der Waals surface area contributed by atoms with E-state index in [0.717, 1.165) is 22.3 Å². The largest absolute Gasteiger partial charge is 0.475 e. The van der Waals surface area contributed by atoms with Crippen LogP contribution in [0.1, 0.15) is 0 Å². The first-order valence-corrected chi connectivity index (χ1v) is 5.34. The molecule has 1 aliphatic rings. The third-order valence-electron chi connectivity index (χ3n) is 1.99. The van der Waals surface area contributed by atoms with Crippen molar-refractivity contribution < 1.29 is 14.7 Å². The molecule has 0 radical (unpaired) electrons. The zero-order chi connectivity index (χ0) is 11.5. The molecule has 2 rings (SSSR count). The van der Waals surface area contributed by atoms with E-state index in [0.29, 0.717) is 0 Å². The first-order chi connectivity index (χ1) is 7.68. The predicted octanol–water partition coefficient (Wildman–Crippen LogP) is 0.286. The van der Waals surface area contributed by atoms with Crippen LogP contribution >= 0.6 is 11.8 Å². The number of carboxylic acids is 1. The summed E-state index contributed by atoms with van der Waals surface area (Å²) < 4.78 is 0. The second kappa shape index (κ2) is 4.32. The van der Waals surface area contributed by atoms with Crippen molar-refractivity contribution >= 4 is 28.9 Å². The lowest BCUT2D eigenvalue weighted by Crippen LogP contribution is -2.22. The minimum absolute atomic E-state index is 0.115. The van der Waals surface area contributed by atoms with Crippen LogP contribution in [-0.4, -0.2) is 16.9 Å². The Hall–Kier alpha value is -1.88. The molecule has 16 heavy (non-hydrogen) atoms. The monoisotopic (exact) mass is 233 g/mol. The Morgan fingerprint density at radius 1 is 1.25 bits per heavy atom. The maximum Gasteiger partial charge on any atom is 0.377 e. The third-order valence-corrected chi connectivity index (χ3v) is 2.91. The molecule has 0 unspecified atom stereocenters. The van der Waals surface area contributed by atoms with Crippen molar-refractivity contribution in [1.29, 1.82) is 0 Å². The molecular formula is C11H7NO3S. The number of nitrogens with zero attached hydrogens (tertiary/aromatic N) is 1. The maximum atomic E-state index is 11.2.